The molecule has 12 heteroatoms. The van der Waals surface area contributed by atoms with E-state index in [1.807, 2.05) is 0 Å². The maximum absolute atomic E-state index is 12.9. The molecular formula is C20H14F3N3O5S. The summed E-state index contributed by atoms with van der Waals surface area (Å²) in [5.74, 6) is -0.359. The third kappa shape index (κ3) is 4.57. The first-order valence-corrected chi connectivity index (χ1v) is 10.1. The van der Waals surface area contributed by atoms with E-state index in [1.54, 1.807) is 12.1 Å². The summed E-state index contributed by atoms with van der Waals surface area (Å²) in [5, 5.41) is 9.66. The second-order valence-electron chi connectivity index (χ2n) is 6.17. The molecule has 166 valence electrons. The largest absolute Gasteiger partial charge is 0.534 e. The van der Waals surface area contributed by atoms with E-state index in [1.165, 1.54) is 56.9 Å². The molecule has 3 rings (SSSR count). The Labute approximate surface area is 181 Å². The van der Waals surface area contributed by atoms with Gasteiger partial charge in [0.25, 0.3) is 5.88 Å². The molecular weight excluding hydrogens is 451 g/mol. The van der Waals surface area contributed by atoms with Crippen LogP contribution in [0.4, 0.5) is 13.2 Å². The number of methoxy groups -OCH3 is 2. The van der Waals surface area contributed by atoms with Crippen molar-refractivity contribution in [3.63, 3.8) is 0 Å². The van der Waals surface area contributed by atoms with E-state index in [-0.39, 0.29) is 11.3 Å². The number of rotatable bonds is 6. The monoisotopic (exact) mass is 465 g/mol. The predicted octanol–water partition coefficient (Wildman–Crippen LogP) is 3.93. The van der Waals surface area contributed by atoms with Gasteiger partial charge in [-0.05, 0) is 35.9 Å². The highest BCUT2D eigenvalue weighted by atomic mass is 32.2. The van der Waals surface area contributed by atoms with Crippen LogP contribution in [-0.2, 0) is 10.1 Å². The van der Waals surface area contributed by atoms with E-state index in [2.05, 4.69) is 14.2 Å². The zero-order valence-corrected chi connectivity index (χ0v) is 17.4. The normalized spacial score (nSPS) is 11.5. The van der Waals surface area contributed by atoms with Crippen molar-refractivity contribution in [2.75, 3.05) is 14.2 Å². The number of aromatic nitrogens is 2. The molecule has 0 unspecified atom stereocenters. The molecule has 0 fully saturated rings. The fourth-order valence-corrected chi connectivity index (χ4v) is 3.13. The van der Waals surface area contributed by atoms with E-state index in [9.17, 15) is 26.9 Å². The minimum atomic E-state index is -6.08. The van der Waals surface area contributed by atoms with Crippen molar-refractivity contribution in [2.45, 2.75) is 5.51 Å². The zero-order valence-electron chi connectivity index (χ0n) is 16.5. The summed E-state index contributed by atoms with van der Waals surface area (Å²) >= 11 is 0. The summed E-state index contributed by atoms with van der Waals surface area (Å²) < 4.78 is 76.7. The van der Waals surface area contributed by atoms with Gasteiger partial charge in [0.15, 0.2) is 0 Å². The van der Waals surface area contributed by atoms with Gasteiger partial charge in [0.1, 0.15) is 23.1 Å². The molecule has 8 nitrogen and oxygen atoms in total. The van der Waals surface area contributed by atoms with Gasteiger partial charge in [-0.15, -0.1) is 0 Å². The van der Waals surface area contributed by atoms with E-state index < -0.39 is 27.1 Å². The van der Waals surface area contributed by atoms with Crippen LogP contribution in [0.25, 0.3) is 22.4 Å². The van der Waals surface area contributed by atoms with Crippen molar-refractivity contribution >= 4 is 10.1 Å². The molecule has 2 heterocycles. The standard InChI is InChI=1S/C20H14F3N3O5S/c1-29-14-7-13(8-15(9-14)30-2)16-10-18(12-3-5-25-6-4-12)26-19(17(16)11-24)31-32(27,28)20(21,22)23/h3-10H,1-2H3. The maximum atomic E-state index is 12.9. The molecule has 0 spiro atoms. The van der Waals surface area contributed by atoms with Gasteiger partial charge in [-0.3, -0.25) is 4.98 Å². The average Bonchev–Trinajstić information content (AvgIpc) is 2.77. The summed E-state index contributed by atoms with van der Waals surface area (Å²) in [6, 6.07) is 10.6. The minimum absolute atomic E-state index is 0.0514. The van der Waals surface area contributed by atoms with Crippen LogP contribution in [0.3, 0.4) is 0 Å². The minimum Gasteiger partial charge on any atom is -0.497 e. The molecule has 3 aromatic rings. The van der Waals surface area contributed by atoms with E-state index in [0.717, 1.165) is 0 Å². The molecule has 0 aliphatic rings. The summed E-state index contributed by atoms with van der Waals surface area (Å²) in [6.07, 6.45) is 2.83. The second-order valence-corrected chi connectivity index (χ2v) is 7.71. The van der Waals surface area contributed by atoms with Crippen molar-refractivity contribution in [1.29, 1.82) is 5.26 Å². The van der Waals surface area contributed by atoms with Gasteiger partial charge in [0, 0.05) is 29.6 Å². The number of pyridine rings is 2. The molecule has 0 atom stereocenters. The Morgan fingerprint density at radius 2 is 1.56 bits per heavy atom. The van der Waals surface area contributed by atoms with Crippen molar-refractivity contribution in [3.05, 3.63) is 54.4 Å². The van der Waals surface area contributed by atoms with Crippen LogP contribution in [-0.4, -0.2) is 38.1 Å². The first-order valence-electron chi connectivity index (χ1n) is 8.69. The molecule has 0 radical (unpaired) electrons. The van der Waals surface area contributed by atoms with Gasteiger partial charge in [0.05, 0.1) is 19.9 Å². The smallest absolute Gasteiger partial charge is 0.497 e. The fourth-order valence-electron chi connectivity index (χ4n) is 2.70. The van der Waals surface area contributed by atoms with E-state index in [4.69, 9.17) is 9.47 Å². The quantitative estimate of drug-likeness (QED) is 0.398. The Hall–Kier alpha value is -3.85. The van der Waals surface area contributed by atoms with E-state index >= 15 is 0 Å². The summed E-state index contributed by atoms with van der Waals surface area (Å²) in [4.78, 5) is 7.73. The molecule has 1 aromatic carbocycles. The highest BCUT2D eigenvalue weighted by molar-refractivity contribution is 7.87. The Morgan fingerprint density at radius 1 is 0.969 bits per heavy atom. The number of alkyl halides is 3. The number of hydrogen-bond donors (Lipinski definition) is 0. The highest BCUT2D eigenvalue weighted by Gasteiger charge is 2.49. The van der Waals surface area contributed by atoms with Gasteiger partial charge >= 0.3 is 15.6 Å². The molecule has 0 saturated carbocycles. The molecule has 0 bridgehead atoms. The van der Waals surface area contributed by atoms with Gasteiger partial charge in [0.2, 0.25) is 0 Å². The maximum Gasteiger partial charge on any atom is 0.534 e. The Kier molecular flexibility index (Phi) is 6.22. The lowest BCUT2D eigenvalue weighted by Gasteiger charge is -2.15. The van der Waals surface area contributed by atoms with Crippen molar-refractivity contribution in [1.82, 2.24) is 9.97 Å². The fraction of sp³-hybridized carbons (Fsp3) is 0.150. The Balaban J connectivity index is 2.33. The van der Waals surface area contributed by atoms with Crippen LogP contribution in [0.15, 0.2) is 48.8 Å². The second kappa shape index (κ2) is 8.72. The lowest BCUT2D eigenvalue weighted by molar-refractivity contribution is -0.0501. The first-order chi connectivity index (χ1) is 15.1. The number of ether oxygens (including phenoxy) is 2. The third-order valence-electron chi connectivity index (χ3n) is 4.21. The average molecular weight is 465 g/mol. The van der Waals surface area contributed by atoms with Crippen LogP contribution in [0.2, 0.25) is 0 Å². The van der Waals surface area contributed by atoms with Gasteiger partial charge in [-0.25, -0.2) is 4.98 Å². The van der Waals surface area contributed by atoms with Crippen LogP contribution in [0.1, 0.15) is 5.56 Å². The van der Waals surface area contributed by atoms with Crippen molar-refractivity contribution < 1.29 is 35.2 Å². The van der Waals surface area contributed by atoms with Gasteiger partial charge in [-0.1, -0.05) is 0 Å². The van der Waals surface area contributed by atoms with Gasteiger partial charge < -0.3 is 13.7 Å². The topological polar surface area (TPSA) is 111 Å². The van der Waals surface area contributed by atoms with Gasteiger partial charge in [-0.2, -0.15) is 26.9 Å². The van der Waals surface area contributed by atoms with Crippen molar-refractivity contribution in [3.8, 4) is 45.8 Å². The number of nitrogens with zero attached hydrogens (tertiary/aromatic N) is 3. The SMILES string of the molecule is COc1cc(OC)cc(-c2cc(-c3ccncc3)nc(OS(=O)(=O)C(F)(F)F)c2C#N)c1. The molecule has 0 saturated heterocycles. The lowest BCUT2D eigenvalue weighted by atomic mass is 9.98. The number of halogens is 3. The molecule has 0 aliphatic carbocycles. The lowest BCUT2D eigenvalue weighted by Crippen LogP contribution is -2.28. The van der Waals surface area contributed by atoms with Crippen LogP contribution < -0.4 is 13.7 Å². The summed E-state index contributed by atoms with van der Waals surface area (Å²) in [7, 11) is -3.30. The molecule has 2 aromatic heterocycles. The first kappa shape index (κ1) is 22.8. The number of nitriles is 1. The van der Waals surface area contributed by atoms with E-state index in [0.29, 0.717) is 22.6 Å². The molecule has 0 amide bonds. The summed E-state index contributed by atoms with van der Waals surface area (Å²) in [6.45, 7) is 0. The third-order valence-corrected chi connectivity index (χ3v) is 5.15. The number of benzene rings is 1. The highest BCUT2D eigenvalue weighted by Crippen LogP contribution is 2.38. The predicted molar refractivity (Wildman–Crippen MR) is 106 cm³/mol. The Bertz CT molecular complexity index is 1270. The Morgan fingerprint density at radius 3 is 2.06 bits per heavy atom. The summed E-state index contributed by atoms with van der Waals surface area (Å²) in [5.41, 5.74) is -5.44. The van der Waals surface area contributed by atoms with Crippen molar-refractivity contribution in [2.24, 2.45) is 0 Å². The molecule has 32 heavy (non-hydrogen) atoms. The van der Waals surface area contributed by atoms with Crippen LogP contribution in [0, 0.1) is 11.3 Å². The molecule has 0 aliphatic heterocycles. The number of hydrogen-bond acceptors (Lipinski definition) is 8. The van der Waals surface area contributed by atoms with Crippen LogP contribution in [0.5, 0.6) is 17.4 Å². The zero-order chi connectivity index (χ0) is 23.5. The van der Waals surface area contributed by atoms with Crippen LogP contribution >= 0.6 is 0 Å². The molecule has 0 N–H and O–H groups in total.